The molecular weight excluding hydrogens is 552 g/mol. The van der Waals surface area contributed by atoms with Crippen molar-refractivity contribution in [2.24, 2.45) is 11.7 Å². The molecule has 4 N–H and O–H groups in total. The van der Waals surface area contributed by atoms with Crippen molar-refractivity contribution in [1.82, 2.24) is 15.5 Å². The van der Waals surface area contributed by atoms with Gasteiger partial charge in [-0.1, -0.05) is 55.3 Å². The second kappa shape index (κ2) is 14.6. The fourth-order valence-electron chi connectivity index (χ4n) is 6.35. The molecule has 0 aromatic heterocycles. The molecule has 4 rings (SSSR count). The van der Waals surface area contributed by atoms with Gasteiger partial charge >= 0.3 is 6.09 Å². The van der Waals surface area contributed by atoms with Crippen molar-refractivity contribution < 1.29 is 33.4 Å². The number of nitrogens with one attached hydrogen (secondary N) is 2. The number of allylic oxidation sites excluding steroid dienone is 2. The minimum absolute atomic E-state index is 0.0511. The van der Waals surface area contributed by atoms with Gasteiger partial charge in [0.25, 0.3) is 5.91 Å². The Balaban J connectivity index is 1.58. The van der Waals surface area contributed by atoms with Crippen LogP contribution in [-0.2, 0) is 35.3 Å². The maximum absolute atomic E-state index is 14.1. The van der Waals surface area contributed by atoms with Crippen LogP contribution in [0.5, 0.6) is 0 Å². The van der Waals surface area contributed by atoms with E-state index in [0.717, 1.165) is 31.2 Å². The number of nitrogens with zero attached hydrogens (tertiary/aromatic N) is 1. The molecule has 0 radical (unpaired) electrons. The monoisotopic (exact) mass is 596 g/mol. The first-order chi connectivity index (χ1) is 20.6. The summed E-state index contributed by atoms with van der Waals surface area (Å²) in [6, 6.07) is 6.29. The van der Waals surface area contributed by atoms with Gasteiger partial charge in [-0.25, -0.2) is 4.79 Å². The Morgan fingerprint density at radius 2 is 1.72 bits per heavy atom. The lowest BCUT2D eigenvalue weighted by molar-refractivity contribution is -0.143. The van der Waals surface area contributed by atoms with Gasteiger partial charge in [0.1, 0.15) is 18.7 Å². The van der Waals surface area contributed by atoms with E-state index in [1.165, 1.54) is 4.90 Å². The van der Waals surface area contributed by atoms with E-state index in [0.29, 0.717) is 25.7 Å². The van der Waals surface area contributed by atoms with E-state index < -0.39 is 53.3 Å². The molecule has 1 aromatic rings. The van der Waals surface area contributed by atoms with E-state index in [2.05, 4.69) is 22.8 Å². The Bertz CT molecular complexity index is 1200. The van der Waals surface area contributed by atoms with Gasteiger partial charge in [0.05, 0.1) is 17.7 Å². The summed E-state index contributed by atoms with van der Waals surface area (Å²) in [5, 5.41) is 5.49. The molecule has 3 aliphatic heterocycles. The number of hydrogen-bond donors (Lipinski definition) is 3. The van der Waals surface area contributed by atoms with Crippen LogP contribution in [0.15, 0.2) is 42.5 Å². The molecule has 2 saturated heterocycles. The van der Waals surface area contributed by atoms with Crippen molar-refractivity contribution in [3.05, 3.63) is 48.0 Å². The highest BCUT2D eigenvalue weighted by Crippen LogP contribution is 2.43. The summed E-state index contributed by atoms with van der Waals surface area (Å²) in [7, 11) is 0. The van der Waals surface area contributed by atoms with E-state index in [-0.39, 0.29) is 31.6 Å². The molecule has 0 saturated carbocycles. The number of primary amides is 1. The van der Waals surface area contributed by atoms with Crippen LogP contribution >= 0.6 is 0 Å². The van der Waals surface area contributed by atoms with Crippen LogP contribution in [0.4, 0.5) is 4.79 Å². The Labute approximate surface area is 252 Å². The molecule has 43 heavy (non-hydrogen) atoms. The Kier molecular flexibility index (Phi) is 11.0. The van der Waals surface area contributed by atoms with E-state index in [1.807, 2.05) is 44.2 Å². The summed E-state index contributed by atoms with van der Waals surface area (Å²) in [6.07, 6.45) is 8.71. The highest BCUT2D eigenvalue weighted by atomic mass is 16.5. The third-order valence-corrected chi connectivity index (χ3v) is 8.42. The average molecular weight is 597 g/mol. The first kappa shape index (κ1) is 32.2. The number of alkyl carbamates (subject to hydrolysis) is 1. The number of hydrogen-bond acceptors (Lipinski definition) is 7. The normalized spacial score (nSPS) is 29.0. The Morgan fingerprint density at radius 1 is 1.05 bits per heavy atom. The lowest BCUT2D eigenvalue weighted by atomic mass is 9.89. The van der Waals surface area contributed by atoms with Crippen molar-refractivity contribution in [3.63, 3.8) is 0 Å². The molecule has 5 atom stereocenters. The van der Waals surface area contributed by atoms with Crippen molar-refractivity contribution in [2.45, 2.75) is 108 Å². The minimum atomic E-state index is -1.11. The number of rotatable bonds is 5. The standard InChI is InChI=1S/C32H44N4O7/c1-32(2)18-22-25(43-32)19-36-26(22)29(39)34-23(27(37)28(33)38)16-12-7-5-3-4-6-8-13-17-24(30(36)40)35-31(41)42-20-21-14-10-9-11-15-21/h3-4,9-11,14-15,22-26H,5-8,12-13,16-20H2,1-2H3,(H2,33,38)(H,34,39)(H,35,41)/b4-3+/t22-,23-,24-,25-,26-/m0/s1. The lowest BCUT2D eigenvalue weighted by Crippen LogP contribution is -2.57. The van der Waals surface area contributed by atoms with Crippen molar-refractivity contribution in [2.75, 3.05) is 6.54 Å². The lowest BCUT2D eigenvalue weighted by Gasteiger charge is -2.32. The zero-order valence-corrected chi connectivity index (χ0v) is 25.1. The van der Waals surface area contributed by atoms with E-state index in [1.54, 1.807) is 0 Å². The van der Waals surface area contributed by atoms with Gasteiger partial charge in [-0.2, -0.15) is 0 Å². The van der Waals surface area contributed by atoms with Crippen LogP contribution in [0.2, 0.25) is 0 Å². The highest BCUT2D eigenvalue weighted by molar-refractivity contribution is 6.37. The maximum Gasteiger partial charge on any atom is 0.408 e. The molecule has 11 heteroatoms. The largest absolute Gasteiger partial charge is 0.445 e. The van der Waals surface area contributed by atoms with Gasteiger partial charge in [-0.3, -0.25) is 19.2 Å². The number of ether oxygens (including phenoxy) is 2. The third kappa shape index (κ3) is 8.65. The summed E-state index contributed by atoms with van der Waals surface area (Å²) >= 11 is 0. The highest BCUT2D eigenvalue weighted by Gasteiger charge is 2.56. The van der Waals surface area contributed by atoms with Crippen LogP contribution in [0.3, 0.4) is 0 Å². The molecule has 1 aromatic carbocycles. The van der Waals surface area contributed by atoms with Gasteiger partial charge in [0.15, 0.2) is 0 Å². The SMILES string of the molecule is CC1(C)C[C@H]2[C@H](CN3C(=O)[C@@H](NC(=O)OCc4ccccc4)CCCC/C=C/CCCC[C@@H](C(=O)C(N)=O)NC(=O)[C@H]23)O1. The minimum Gasteiger partial charge on any atom is -0.445 e. The van der Waals surface area contributed by atoms with E-state index in [9.17, 15) is 24.0 Å². The van der Waals surface area contributed by atoms with E-state index >= 15 is 0 Å². The summed E-state index contributed by atoms with van der Waals surface area (Å²) < 4.78 is 11.6. The topological polar surface area (TPSA) is 157 Å². The van der Waals surface area contributed by atoms with Crippen LogP contribution in [0.1, 0.15) is 77.2 Å². The number of ketones is 1. The molecule has 4 amide bonds. The van der Waals surface area contributed by atoms with Gasteiger partial charge < -0.3 is 30.7 Å². The predicted molar refractivity (Wildman–Crippen MR) is 158 cm³/mol. The quantitative estimate of drug-likeness (QED) is 0.348. The summed E-state index contributed by atoms with van der Waals surface area (Å²) in [4.78, 5) is 66.8. The van der Waals surface area contributed by atoms with Crippen LogP contribution in [0, 0.1) is 5.92 Å². The first-order valence-corrected chi connectivity index (χ1v) is 15.3. The fraction of sp³-hybridized carbons (Fsp3) is 0.594. The van der Waals surface area contributed by atoms with Gasteiger partial charge in [0, 0.05) is 12.5 Å². The number of benzene rings is 1. The molecule has 11 nitrogen and oxygen atoms in total. The molecular formula is C32H44N4O7. The van der Waals surface area contributed by atoms with Crippen molar-refractivity contribution in [1.29, 1.82) is 0 Å². The smallest absolute Gasteiger partial charge is 0.408 e. The summed E-state index contributed by atoms with van der Waals surface area (Å²) in [5.41, 5.74) is 5.64. The molecule has 0 unspecified atom stereocenters. The molecule has 3 heterocycles. The zero-order chi connectivity index (χ0) is 31.0. The van der Waals surface area contributed by atoms with Crippen LogP contribution in [-0.4, -0.2) is 70.9 Å². The number of fused-ring (bicyclic) bond motifs is 3. The number of carbonyl (C=O) groups excluding carboxylic acids is 5. The second-order valence-corrected chi connectivity index (χ2v) is 12.3. The molecule has 0 spiro atoms. The van der Waals surface area contributed by atoms with Crippen molar-refractivity contribution >= 4 is 29.6 Å². The molecule has 0 bridgehead atoms. The molecule has 0 aliphatic carbocycles. The Hall–Kier alpha value is -3.73. The maximum atomic E-state index is 14.1. The number of amides is 4. The predicted octanol–water partition coefficient (Wildman–Crippen LogP) is 2.91. The van der Waals surface area contributed by atoms with Crippen LogP contribution in [0.25, 0.3) is 0 Å². The summed E-state index contributed by atoms with van der Waals surface area (Å²) in [5.74, 6) is -3.24. The molecule has 3 aliphatic rings. The zero-order valence-electron chi connectivity index (χ0n) is 25.1. The average Bonchev–Trinajstić information content (AvgIpc) is 3.46. The fourth-order valence-corrected chi connectivity index (χ4v) is 6.35. The molecule has 234 valence electrons. The number of carbonyl (C=O) groups is 5. The van der Waals surface area contributed by atoms with Gasteiger partial charge in [-0.15, -0.1) is 0 Å². The molecule has 2 fully saturated rings. The van der Waals surface area contributed by atoms with Gasteiger partial charge in [-0.05, 0) is 64.4 Å². The van der Waals surface area contributed by atoms with Crippen LogP contribution < -0.4 is 16.4 Å². The third-order valence-electron chi connectivity index (χ3n) is 8.42. The van der Waals surface area contributed by atoms with Gasteiger partial charge in [0.2, 0.25) is 17.6 Å². The first-order valence-electron chi connectivity index (χ1n) is 15.3. The number of nitrogens with two attached hydrogens (primary N) is 1. The van der Waals surface area contributed by atoms with Crippen molar-refractivity contribution in [3.8, 4) is 0 Å². The summed E-state index contributed by atoms with van der Waals surface area (Å²) in [6.45, 7) is 4.10. The Morgan fingerprint density at radius 3 is 2.40 bits per heavy atom. The number of Topliss-reactive ketones (excluding diaryl/α,β-unsaturated/α-hetero) is 1. The van der Waals surface area contributed by atoms with E-state index in [4.69, 9.17) is 15.2 Å². The second-order valence-electron chi connectivity index (χ2n) is 12.3.